The van der Waals surface area contributed by atoms with Crippen LogP contribution in [-0.4, -0.2) is 56.2 Å². The van der Waals surface area contributed by atoms with Crippen molar-refractivity contribution < 1.29 is 9.53 Å². The van der Waals surface area contributed by atoms with Crippen molar-refractivity contribution in [2.75, 3.05) is 20.7 Å². The average Bonchev–Trinajstić information content (AvgIpc) is 3.42. The molecule has 1 unspecified atom stereocenters. The fraction of sp³-hybridized carbons (Fsp3) is 0.304. The number of carbonyl (C=O) groups excluding carboxylic acids is 1. The van der Waals surface area contributed by atoms with Crippen LogP contribution in [0.5, 0.6) is 0 Å². The SMILES string of the molecule is CN(C)C=CC(=O)c1cc(Cl)c2nnn(-c3ccc4cnn(C5CCCCO5)c4c3)c2c1. The number of aromatic nitrogens is 5. The van der Waals surface area contributed by atoms with Crippen LogP contribution in [0, 0.1) is 0 Å². The molecule has 32 heavy (non-hydrogen) atoms. The Hall–Kier alpha value is -3.23. The first-order valence-electron chi connectivity index (χ1n) is 10.5. The molecular weight excluding hydrogens is 428 g/mol. The highest BCUT2D eigenvalue weighted by Crippen LogP contribution is 2.29. The van der Waals surface area contributed by atoms with Gasteiger partial charge >= 0.3 is 0 Å². The second-order valence-electron chi connectivity index (χ2n) is 8.12. The van der Waals surface area contributed by atoms with Gasteiger partial charge in [-0.15, -0.1) is 5.10 Å². The molecule has 1 fully saturated rings. The lowest BCUT2D eigenvalue weighted by Crippen LogP contribution is -2.19. The lowest BCUT2D eigenvalue weighted by Gasteiger charge is -2.23. The van der Waals surface area contributed by atoms with Crippen LogP contribution in [-0.2, 0) is 4.74 Å². The first-order valence-corrected chi connectivity index (χ1v) is 10.9. The average molecular weight is 451 g/mol. The molecule has 3 heterocycles. The van der Waals surface area contributed by atoms with E-state index in [0.29, 0.717) is 21.6 Å². The first kappa shape index (κ1) is 20.7. The molecule has 0 amide bonds. The topological polar surface area (TPSA) is 78.1 Å². The highest BCUT2D eigenvalue weighted by Gasteiger charge is 2.20. The number of halogens is 1. The molecule has 5 rings (SSSR count). The number of hydrogen-bond donors (Lipinski definition) is 0. The summed E-state index contributed by atoms with van der Waals surface area (Å²) in [5.74, 6) is -0.141. The number of benzene rings is 2. The molecule has 0 spiro atoms. The fourth-order valence-electron chi connectivity index (χ4n) is 3.93. The molecule has 9 heteroatoms. The summed E-state index contributed by atoms with van der Waals surface area (Å²) in [6, 6.07) is 9.38. The summed E-state index contributed by atoms with van der Waals surface area (Å²) in [6.07, 6.45) is 8.15. The lowest BCUT2D eigenvalue weighted by molar-refractivity contribution is -0.0366. The molecule has 0 aliphatic carbocycles. The molecule has 2 aromatic carbocycles. The van der Waals surface area contributed by atoms with E-state index in [4.69, 9.17) is 16.3 Å². The summed E-state index contributed by atoms with van der Waals surface area (Å²) < 4.78 is 9.57. The molecule has 8 nitrogen and oxygen atoms in total. The predicted octanol–water partition coefficient (Wildman–Crippen LogP) is 4.38. The third-order valence-corrected chi connectivity index (χ3v) is 5.86. The van der Waals surface area contributed by atoms with Crippen LogP contribution in [0.25, 0.3) is 27.6 Å². The molecule has 0 radical (unpaired) electrons. The van der Waals surface area contributed by atoms with E-state index in [-0.39, 0.29) is 12.0 Å². The maximum absolute atomic E-state index is 12.6. The highest BCUT2D eigenvalue weighted by atomic mass is 35.5. The van der Waals surface area contributed by atoms with Crippen molar-refractivity contribution in [2.45, 2.75) is 25.5 Å². The van der Waals surface area contributed by atoms with Crippen molar-refractivity contribution in [1.29, 1.82) is 0 Å². The van der Waals surface area contributed by atoms with Crippen LogP contribution >= 0.6 is 11.6 Å². The summed E-state index contributed by atoms with van der Waals surface area (Å²) in [4.78, 5) is 14.4. The van der Waals surface area contributed by atoms with Gasteiger partial charge in [0.15, 0.2) is 12.0 Å². The van der Waals surface area contributed by atoms with E-state index in [9.17, 15) is 4.79 Å². The molecule has 0 N–H and O–H groups in total. The third-order valence-electron chi connectivity index (χ3n) is 5.57. The Balaban J connectivity index is 1.59. The second-order valence-corrected chi connectivity index (χ2v) is 8.53. The van der Waals surface area contributed by atoms with E-state index >= 15 is 0 Å². The predicted molar refractivity (Wildman–Crippen MR) is 123 cm³/mol. The Morgan fingerprint density at radius 2 is 2.09 bits per heavy atom. The van der Waals surface area contributed by atoms with Crippen LogP contribution in [0.3, 0.4) is 0 Å². The summed E-state index contributed by atoms with van der Waals surface area (Å²) in [5.41, 5.74) is 3.46. The van der Waals surface area contributed by atoms with Gasteiger partial charge in [-0.05, 0) is 49.6 Å². The molecule has 0 bridgehead atoms. The van der Waals surface area contributed by atoms with Crippen LogP contribution in [0.2, 0.25) is 5.02 Å². The van der Waals surface area contributed by atoms with Crippen molar-refractivity contribution in [3.05, 3.63) is 59.4 Å². The second kappa shape index (κ2) is 8.37. The molecule has 1 saturated heterocycles. The summed E-state index contributed by atoms with van der Waals surface area (Å²) in [5, 5.41) is 14.5. The number of carbonyl (C=O) groups is 1. The zero-order valence-corrected chi connectivity index (χ0v) is 18.7. The van der Waals surface area contributed by atoms with E-state index in [1.807, 2.05) is 43.2 Å². The molecule has 2 aromatic heterocycles. The quantitative estimate of drug-likeness (QED) is 0.331. The highest BCUT2D eigenvalue weighted by molar-refractivity contribution is 6.35. The van der Waals surface area contributed by atoms with E-state index in [1.165, 1.54) is 6.08 Å². The van der Waals surface area contributed by atoms with E-state index in [1.54, 1.807) is 27.9 Å². The number of ether oxygens (including phenoxy) is 1. The van der Waals surface area contributed by atoms with Crippen LogP contribution < -0.4 is 0 Å². The minimum absolute atomic E-state index is 0.0638. The maximum atomic E-state index is 12.6. The van der Waals surface area contributed by atoms with Crippen molar-refractivity contribution in [2.24, 2.45) is 0 Å². The minimum atomic E-state index is -0.141. The van der Waals surface area contributed by atoms with E-state index < -0.39 is 0 Å². The minimum Gasteiger partial charge on any atom is -0.383 e. The van der Waals surface area contributed by atoms with E-state index in [2.05, 4.69) is 15.4 Å². The van der Waals surface area contributed by atoms with Gasteiger partial charge in [-0.3, -0.25) is 4.79 Å². The molecular formula is C23H23ClN6O2. The van der Waals surface area contributed by atoms with Gasteiger partial charge in [-0.25, -0.2) is 9.36 Å². The summed E-state index contributed by atoms with van der Waals surface area (Å²) in [7, 11) is 3.72. The van der Waals surface area contributed by atoms with E-state index in [0.717, 1.165) is 42.5 Å². The smallest absolute Gasteiger partial charge is 0.187 e. The molecule has 4 aromatic rings. The van der Waals surface area contributed by atoms with Crippen LogP contribution in [0.15, 0.2) is 48.8 Å². The van der Waals surface area contributed by atoms with Crippen molar-refractivity contribution in [1.82, 2.24) is 29.7 Å². The van der Waals surface area contributed by atoms with Crippen molar-refractivity contribution in [3.63, 3.8) is 0 Å². The number of hydrogen-bond acceptors (Lipinski definition) is 6. The van der Waals surface area contributed by atoms with Crippen molar-refractivity contribution >= 4 is 39.3 Å². The van der Waals surface area contributed by atoms with Gasteiger partial charge in [0.25, 0.3) is 0 Å². The summed E-state index contributed by atoms with van der Waals surface area (Å²) in [6.45, 7) is 0.747. The Morgan fingerprint density at radius 1 is 1.22 bits per heavy atom. The Bertz CT molecular complexity index is 1330. The maximum Gasteiger partial charge on any atom is 0.187 e. The summed E-state index contributed by atoms with van der Waals surface area (Å²) >= 11 is 6.44. The van der Waals surface area contributed by atoms with Crippen molar-refractivity contribution in [3.8, 4) is 5.69 Å². The number of rotatable bonds is 5. The number of fused-ring (bicyclic) bond motifs is 2. The van der Waals surface area contributed by atoms with Gasteiger partial charge in [0.2, 0.25) is 0 Å². The number of allylic oxidation sites excluding steroid dienone is 1. The zero-order valence-electron chi connectivity index (χ0n) is 17.9. The molecule has 164 valence electrons. The number of nitrogens with zero attached hydrogens (tertiary/aromatic N) is 6. The number of ketones is 1. The van der Waals surface area contributed by atoms with Gasteiger partial charge < -0.3 is 9.64 Å². The lowest BCUT2D eigenvalue weighted by atomic mass is 10.1. The Labute approximate surface area is 190 Å². The van der Waals surface area contributed by atoms with Gasteiger partial charge in [0.05, 0.1) is 27.9 Å². The normalized spacial score (nSPS) is 16.9. The van der Waals surface area contributed by atoms with Gasteiger partial charge in [0.1, 0.15) is 5.52 Å². The van der Waals surface area contributed by atoms with Crippen LogP contribution in [0.4, 0.5) is 0 Å². The molecule has 1 aliphatic rings. The standard InChI is InChI=1S/C23H23ClN6O2/c1-28(2)9-8-21(31)16-11-18(24)23-20(12-16)29(27-26-23)17-7-6-15-14-25-30(19(15)13-17)22-5-3-4-10-32-22/h6-9,11-14,22H,3-5,10H2,1-2H3. The molecule has 1 aliphatic heterocycles. The largest absolute Gasteiger partial charge is 0.383 e. The molecule has 1 atom stereocenters. The Morgan fingerprint density at radius 3 is 2.88 bits per heavy atom. The van der Waals surface area contributed by atoms with Gasteiger partial charge in [-0.2, -0.15) is 5.10 Å². The van der Waals surface area contributed by atoms with Gasteiger partial charge in [0, 0.05) is 43.9 Å². The third kappa shape index (κ3) is 3.76. The van der Waals surface area contributed by atoms with Gasteiger partial charge in [-0.1, -0.05) is 16.8 Å². The first-order chi connectivity index (χ1) is 15.5. The fourth-order valence-corrected chi connectivity index (χ4v) is 4.18. The zero-order chi connectivity index (χ0) is 22.2. The molecule has 0 saturated carbocycles. The Kier molecular flexibility index (Phi) is 5.40. The monoisotopic (exact) mass is 450 g/mol. The van der Waals surface area contributed by atoms with Crippen LogP contribution in [0.1, 0.15) is 35.8 Å².